The van der Waals surface area contributed by atoms with Gasteiger partial charge in [-0.1, -0.05) is 20.8 Å². The molecule has 0 bridgehead atoms. The highest BCUT2D eigenvalue weighted by atomic mass is 15.4. The largest absolute Gasteiger partial charge is 0.265 e. The molecule has 0 aliphatic carbocycles. The van der Waals surface area contributed by atoms with Crippen molar-refractivity contribution >= 4 is 0 Å². The normalized spacial score (nSPS) is 12.7. The molecule has 0 saturated carbocycles. The molecule has 3 aromatic heterocycles. The zero-order valence-corrected chi connectivity index (χ0v) is 14.0. The predicted octanol–water partition coefficient (Wildman–Crippen LogP) is 3.62. The van der Waals surface area contributed by atoms with Crippen LogP contribution in [0.3, 0.4) is 0 Å². The Morgan fingerprint density at radius 2 is 1.78 bits per heavy atom. The summed E-state index contributed by atoms with van der Waals surface area (Å²) in [6.45, 7) is 8.52. The van der Waals surface area contributed by atoms with Crippen molar-refractivity contribution in [3.63, 3.8) is 0 Å². The molecule has 0 radical (unpaired) electrons. The van der Waals surface area contributed by atoms with Crippen molar-refractivity contribution in [2.45, 2.75) is 46.1 Å². The molecular weight excluding hydrogens is 288 g/mol. The van der Waals surface area contributed by atoms with E-state index in [1.165, 1.54) is 0 Å². The molecule has 0 aliphatic heterocycles. The summed E-state index contributed by atoms with van der Waals surface area (Å²) in [6, 6.07) is 6.12. The van der Waals surface area contributed by atoms with Crippen LogP contribution in [0.4, 0.5) is 0 Å². The van der Waals surface area contributed by atoms with Crippen molar-refractivity contribution in [1.82, 2.24) is 29.5 Å². The first-order valence-corrected chi connectivity index (χ1v) is 8.03. The van der Waals surface area contributed by atoms with Crippen molar-refractivity contribution in [2.75, 3.05) is 0 Å². The van der Waals surface area contributed by atoms with Crippen molar-refractivity contribution in [3.8, 4) is 17.2 Å². The highest BCUT2D eigenvalue weighted by Gasteiger charge is 2.19. The molecule has 0 spiro atoms. The molecule has 23 heavy (non-hydrogen) atoms. The molecule has 1 atom stereocenters. The molecule has 3 heterocycles. The van der Waals surface area contributed by atoms with Crippen molar-refractivity contribution in [1.29, 1.82) is 0 Å². The van der Waals surface area contributed by atoms with Gasteiger partial charge >= 0.3 is 0 Å². The molecule has 120 valence electrons. The summed E-state index contributed by atoms with van der Waals surface area (Å²) in [5, 5.41) is 9.35. The van der Waals surface area contributed by atoms with Gasteiger partial charge in [0, 0.05) is 24.5 Å². The Balaban J connectivity index is 2.03. The van der Waals surface area contributed by atoms with Crippen molar-refractivity contribution in [3.05, 3.63) is 42.6 Å². The van der Waals surface area contributed by atoms with Crippen molar-refractivity contribution in [2.24, 2.45) is 0 Å². The highest BCUT2D eigenvalue weighted by molar-refractivity contribution is 5.50. The summed E-state index contributed by atoms with van der Waals surface area (Å²) in [7, 11) is 0. The number of hydrogen-bond acceptors (Lipinski definition) is 4. The van der Waals surface area contributed by atoms with E-state index in [1.807, 2.05) is 33.8 Å². The molecule has 0 aromatic carbocycles. The molecule has 3 aromatic rings. The lowest BCUT2D eigenvalue weighted by molar-refractivity contribution is 0.475. The molecule has 3 rings (SSSR count). The average Bonchev–Trinajstić information content (AvgIpc) is 3.21. The molecule has 0 N–H and O–H groups in total. The van der Waals surface area contributed by atoms with Gasteiger partial charge in [0.15, 0.2) is 11.6 Å². The lowest BCUT2D eigenvalue weighted by Gasteiger charge is -2.10. The standard InChI is InChI=1S/C17H22N6/c1-5-13(4)23-17(19-16(21-23)12(2)3)15-8-11-22(20-15)14-6-9-18-10-7-14/h6-13H,5H2,1-4H3. The van der Waals surface area contributed by atoms with Gasteiger partial charge in [0.2, 0.25) is 0 Å². The van der Waals surface area contributed by atoms with E-state index in [0.29, 0.717) is 5.92 Å². The van der Waals surface area contributed by atoms with E-state index in [9.17, 15) is 0 Å². The fourth-order valence-corrected chi connectivity index (χ4v) is 2.32. The summed E-state index contributed by atoms with van der Waals surface area (Å²) in [5.41, 5.74) is 1.81. The van der Waals surface area contributed by atoms with Crippen LogP contribution in [0.1, 0.15) is 51.9 Å². The maximum atomic E-state index is 4.72. The maximum Gasteiger partial charge on any atom is 0.179 e. The van der Waals surface area contributed by atoms with E-state index < -0.39 is 0 Å². The molecule has 6 nitrogen and oxygen atoms in total. The van der Waals surface area contributed by atoms with Crippen LogP contribution in [0.15, 0.2) is 36.8 Å². The van der Waals surface area contributed by atoms with E-state index >= 15 is 0 Å². The van der Waals surface area contributed by atoms with Crippen LogP contribution in [0.2, 0.25) is 0 Å². The Hall–Kier alpha value is -2.50. The van der Waals surface area contributed by atoms with Crippen molar-refractivity contribution < 1.29 is 0 Å². The monoisotopic (exact) mass is 310 g/mol. The van der Waals surface area contributed by atoms with E-state index in [-0.39, 0.29) is 6.04 Å². The second-order valence-electron chi connectivity index (χ2n) is 6.00. The van der Waals surface area contributed by atoms with Gasteiger partial charge in [-0.3, -0.25) is 4.98 Å². The van der Waals surface area contributed by atoms with E-state index in [0.717, 1.165) is 29.5 Å². The smallest absolute Gasteiger partial charge is 0.179 e. The van der Waals surface area contributed by atoms with Crippen LogP contribution in [0.5, 0.6) is 0 Å². The van der Waals surface area contributed by atoms with E-state index in [1.54, 1.807) is 12.4 Å². The van der Waals surface area contributed by atoms with E-state index in [2.05, 4.69) is 42.9 Å². The van der Waals surface area contributed by atoms with Gasteiger partial charge in [-0.25, -0.2) is 14.3 Å². The third kappa shape index (κ3) is 3.02. The summed E-state index contributed by atoms with van der Waals surface area (Å²) in [5.74, 6) is 1.98. The Morgan fingerprint density at radius 3 is 2.43 bits per heavy atom. The van der Waals surface area contributed by atoms with Crippen LogP contribution in [-0.2, 0) is 0 Å². The van der Waals surface area contributed by atoms with Crippen LogP contribution >= 0.6 is 0 Å². The minimum Gasteiger partial charge on any atom is -0.265 e. The average molecular weight is 310 g/mol. The Morgan fingerprint density at radius 1 is 1.04 bits per heavy atom. The minimum atomic E-state index is 0.288. The Kier molecular flexibility index (Phi) is 4.23. The van der Waals surface area contributed by atoms with Crippen LogP contribution in [0, 0.1) is 0 Å². The second kappa shape index (κ2) is 6.32. The second-order valence-corrected chi connectivity index (χ2v) is 6.00. The van der Waals surface area contributed by atoms with Gasteiger partial charge in [0.1, 0.15) is 5.69 Å². The number of aromatic nitrogens is 6. The van der Waals surface area contributed by atoms with Gasteiger partial charge in [-0.05, 0) is 31.5 Å². The maximum absolute atomic E-state index is 4.72. The quantitative estimate of drug-likeness (QED) is 0.722. The van der Waals surface area contributed by atoms with Crippen LogP contribution in [-0.4, -0.2) is 29.5 Å². The van der Waals surface area contributed by atoms with E-state index in [4.69, 9.17) is 4.98 Å². The summed E-state index contributed by atoms with van der Waals surface area (Å²) in [6.07, 6.45) is 6.46. The molecule has 6 heteroatoms. The zero-order valence-electron chi connectivity index (χ0n) is 14.0. The predicted molar refractivity (Wildman–Crippen MR) is 89.5 cm³/mol. The van der Waals surface area contributed by atoms with Gasteiger partial charge in [-0.15, -0.1) is 0 Å². The third-order valence-electron chi connectivity index (χ3n) is 3.92. The molecule has 0 saturated heterocycles. The molecule has 0 amide bonds. The number of pyridine rings is 1. The lowest BCUT2D eigenvalue weighted by Crippen LogP contribution is -2.08. The fraction of sp³-hybridized carbons (Fsp3) is 0.412. The Bertz CT molecular complexity index is 771. The zero-order chi connectivity index (χ0) is 16.4. The SMILES string of the molecule is CCC(C)n1nc(C(C)C)nc1-c1ccn(-c2ccncc2)n1. The van der Waals surface area contributed by atoms with Gasteiger partial charge in [0.05, 0.1) is 11.7 Å². The lowest BCUT2D eigenvalue weighted by atomic mass is 10.2. The third-order valence-corrected chi connectivity index (χ3v) is 3.92. The molecule has 0 aliphatic rings. The highest BCUT2D eigenvalue weighted by Crippen LogP contribution is 2.24. The fourth-order valence-electron chi connectivity index (χ4n) is 2.32. The molecule has 0 fully saturated rings. The number of rotatable bonds is 5. The number of hydrogen-bond donors (Lipinski definition) is 0. The first-order chi connectivity index (χ1) is 11.1. The van der Waals surface area contributed by atoms with Gasteiger partial charge in [0.25, 0.3) is 0 Å². The van der Waals surface area contributed by atoms with Crippen LogP contribution < -0.4 is 0 Å². The minimum absolute atomic E-state index is 0.288. The van der Waals surface area contributed by atoms with Crippen LogP contribution in [0.25, 0.3) is 17.2 Å². The number of nitrogens with zero attached hydrogens (tertiary/aromatic N) is 6. The van der Waals surface area contributed by atoms with Gasteiger partial charge in [-0.2, -0.15) is 10.2 Å². The topological polar surface area (TPSA) is 61.4 Å². The Labute approximate surface area is 136 Å². The summed E-state index contributed by atoms with van der Waals surface area (Å²) in [4.78, 5) is 8.76. The molecule has 1 unspecified atom stereocenters. The summed E-state index contributed by atoms with van der Waals surface area (Å²) < 4.78 is 3.83. The molecular formula is C17H22N6. The first-order valence-electron chi connectivity index (χ1n) is 8.03. The van der Waals surface area contributed by atoms with Gasteiger partial charge < -0.3 is 0 Å². The first kappa shape index (κ1) is 15.4. The summed E-state index contributed by atoms with van der Waals surface area (Å²) >= 11 is 0.